The molecule has 28 heavy (non-hydrogen) atoms. The van der Waals surface area contributed by atoms with Crippen molar-refractivity contribution < 1.29 is 8.42 Å². The first-order chi connectivity index (χ1) is 13.4. The van der Waals surface area contributed by atoms with E-state index >= 15 is 0 Å². The Balaban J connectivity index is 1.66. The molecule has 4 rings (SSSR count). The molecule has 0 bridgehead atoms. The molecule has 0 aliphatic carbocycles. The molecule has 0 fully saturated rings. The zero-order chi connectivity index (χ0) is 19.7. The Kier molecular flexibility index (Phi) is 4.83. The quantitative estimate of drug-likeness (QED) is 0.510. The van der Waals surface area contributed by atoms with Crippen LogP contribution in [-0.2, 0) is 16.6 Å². The molecular formula is C21H18ClN3O2S. The van der Waals surface area contributed by atoms with E-state index in [0.717, 1.165) is 11.3 Å². The van der Waals surface area contributed by atoms with Crippen molar-refractivity contribution in [1.29, 1.82) is 0 Å². The number of hydrogen-bond donors (Lipinski definition) is 1. The van der Waals surface area contributed by atoms with Gasteiger partial charge in [0.2, 0.25) is 0 Å². The van der Waals surface area contributed by atoms with Gasteiger partial charge in [-0.3, -0.25) is 0 Å². The summed E-state index contributed by atoms with van der Waals surface area (Å²) in [5.41, 5.74) is 3.14. The molecule has 0 saturated heterocycles. The van der Waals surface area contributed by atoms with Gasteiger partial charge in [-0.1, -0.05) is 41.9 Å². The normalized spacial score (nSPS) is 11.6. The molecule has 142 valence electrons. The van der Waals surface area contributed by atoms with Gasteiger partial charge in [0.05, 0.1) is 15.9 Å². The highest BCUT2D eigenvalue weighted by Gasteiger charge is 2.22. The van der Waals surface area contributed by atoms with Crippen LogP contribution in [-0.4, -0.2) is 17.4 Å². The van der Waals surface area contributed by atoms with E-state index in [4.69, 9.17) is 11.6 Å². The van der Waals surface area contributed by atoms with Crippen LogP contribution in [0.5, 0.6) is 0 Å². The highest BCUT2D eigenvalue weighted by molar-refractivity contribution is 7.90. The summed E-state index contributed by atoms with van der Waals surface area (Å²) in [4.78, 5) is 4.70. The fourth-order valence-electron chi connectivity index (χ4n) is 3.10. The molecule has 0 atom stereocenters. The van der Waals surface area contributed by atoms with E-state index in [0.29, 0.717) is 28.4 Å². The van der Waals surface area contributed by atoms with E-state index in [1.54, 1.807) is 43.3 Å². The Morgan fingerprint density at radius 1 is 1.00 bits per heavy atom. The summed E-state index contributed by atoms with van der Waals surface area (Å²) in [6.07, 6.45) is 0. The van der Waals surface area contributed by atoms with Crippen molar-refractivity contribution in [3.8, 4) is 0 Å². The van der Waals surface area contributed by atoms with Crippen LogP contribution in [0.1, 0.15) is 11.4 Å². The Morgan fingerprint density at radius 2 is 1.71 bits per heavy atom. The van der Waals surface area contributed by atoms with Crippen LogP contribution in [0.15, 0.2) is 77.7 Å². The summed E-state index contributed by atoms with van der Waals surface area (Å²) in [5, 5.41) is 4.03. The molecule has 1 N–H and O–H groups in total. The lowest BCUT2D eigenvalue weighted by atomic mass is 10.2. The third kappa shape index (κ3) is 3.48. The molecule has 0 unspecified atom stereocenters. The molecule has 3 aromatic carbocycles. The Labute approximate surface area is 168 Å². The Bertz CT molecular complexity index is 1230. The van der Waals surface area contributed by atoms with E-state index in [9.17, 15) is 8.42 Å². The molecule has 0 aliphatic heterocycles. The van der Waals surface area contributed by atoms with Crippen molar-refractivity contribution in [2.75, 3.05) is 5.32 Å². The van der Waals surface area contributed by atoms with E-state index < -0.39 is 10.0 Å². The smallest absolute Gasteiger partial charge is 0.269 e. The monoisotopic (exact) mass is 411 g/mol. The van der Waals surface area contributed by atoms with Crippen molar-refractivity contribution in [2.45, 2.75) is 18.4 Å². The lowest BCUT2D eigenvalue weighted by molar-refractivity contribution is 0.587. The van der Waals surface area contributed by atoms with Crippen LogP contribution in [0.25, 0.3) is 11.0 Å². The maximum absolute atomic E-state index is 13.0. The van der Waals surface area contributed by atoms with Crippen molar-refractivity contribution in [2.24, 2.45) is 0 Å². The van der Waals surface area contributed by atoms with Gasteiger partial charge in [-0.05, 0) is 55.0 Å². The van der Waals surface area contributed by atoms with Gasteiger partial charge >= 0.3 is 0 Å². The van der Waals surface area contributed by atoms with E-state index in [2.05, 4.69) is 10.3 Å². The lowest BCUT2D eigenvalue weighted by Gasteiger charge is -2.09. The predicted octanol–water partition coefficient (Wildman–Crippen LogP) is 4.85. The van der Waals surface area contributed by atoms with Gasteiger partial charge in [0.25, 0.3) is 10.0 Å². The second kappa shape index (κ2) is 7.30. The highest BCUT2D eigenvalue weighted by atomic mass is 35.5. The second-order valence-corrected chi connectivity index (χ2v) is 8.65. The SMILES string of the molecule is Cc1nc2cc(NCc3ccc(Cl)cc3)ccc2n1S(=O)(=O)c1ccccc1. The van der Waals surface area contributed by atoms with E-state index in [1.165, 1.54) is 3.97 Å². The minimum Gasteiger partial charge on any atom is -0.381 e. The molecule has 1 heterocycles. The van der Waals surface area contributed by atoms with Crippen LogP contribution in [0.2, 0.25) is 5.02 Å². The van der Waals surface area contributed by atoms with Gasteiger partial charge in [-0.25, -0.2) is 17.4 Å². The number of benzene rings is 3. The van der Waals surface area contributed by atoms with Gasteiger partial charge in [-0.15, -0.1) is 0 Å². The Hall–Kier alpha value is -2.83. The van der Waals surface area contributed by atoms with Gasteiger partial charge in [-0.2, -0.15) is 0 Å². The van der Waals surface area contributed by atoms with E-state index in [1.807, 2.05) is 36.4 Å². The largest absolute Gasteiger partial charge is 0.381 e. The van der Waals surface area contributed by atoms with Crippen LogP contribution >= 0.6 is 11.6 Å². The molecule has 5 nitrogen and oxygen atoms in total. The highest BCUT2D eigenvalue weighted by Crippen LogP contribution is 2.25. The minimum absolute atomic E-state index is 0.238. The first kappa shape index (κ1) is 18.5. The summed E-state index contributed by atoms with van der Waals surface area (Å²) in [7, 11) is -3.70. The lowest BCUT2D eigenvalue weighted by Crippen LogP contribution is -2.14. The van der Waals surface area contributed by atoms with Crippen molar-refractivity contribution in [3.05, 3.63) is 89.2 Å². The first-order valence-corrected chi connectivity index (χ1v) is 10.5. The number of halogens is 1. The number of aromatic nitrogens is 2. The fraction of sp³-hybridized carbons (Fsp3) is 0.0952. The maximum atomic E-state index is 13.0. The average Bonchev–Trinajstić information content (AvgIpc) is 3.04. The van der Waals surface area contributed by atoms with Crippen molar-refractivity contribution in [1.82, 2.24) is 8.96 Å². The van der Waals surface area contributed by atoms with Crippen LogP contribution in [0.3, 0.4) is 0 Å². The molecule has 1 aromatic heterocycles. The number of aryl methyl sites for hydroxylation is 1. The number of nitrogens with one attached hydrogen (secondary N) is 1. The van der Waals surface area contributed by atoms with Gasteiger partial charge < -0.3 is 5.32 Å². The van der Waals surface area contributed by atoms with Crippen molar-refractivity contribution >= 4 is 38.3 Å². The number of anilines is 1. The molecular weight excluding hydrogens is 394 g/mol. The van der Waals surface area contributed by atoms with Crippen LogP contribution in [0.4, 0.5) is 5.69 Å². The molecule has 0 saturated carbocycles. The van der Waals surface area contributed by atoms with Crippen LogP contribution in [0, 0.1) is 6.92 Å². The fourth-order valence-corrected chi connectivity index (χ4v) is 4.74. The zero-order valence-corrected chi connectivity index (χ0v) is 16.7. The first-order valence-electron chi connectivity index (χ1n) is 8.73. The van der Waals surface area contributed by atoms with Gasteiger partial charge in [0, 0.05) is 17.3 Å². The molecule has 0 aliphatic rings. The molecule has 0 radical (unpaired) electrons. The topological polar surface area (TPSA) is 64.0 Å². The number of nitrogens with zero attached hydrogens (tertiary/aromatic N) is 2. The number of fused-ring (bicyclic) bond motifs is 1. The standard InChI is InChI=1S/C21H18ClN3O2S/c1-15-24-20-13-18(23-14-16-7-9-17(22)10-8-16)11-12-21(20)25(15)28(26,27)19-5-3-2-4-6-19/h2-13,23H,14H2,1H3. The Morgan fingerprint density at radius 3 is 2.43 bits per heavy atom. The van der Waals surface area contributed by atoms with Crippen molar-refractivity contribution in [3.63, 3.8) is 0 Å². The summed E-state index contributed by atoms with van der Waals surface area (Å²) >= 11 is 5.91. The summed E-state index contributed by atoms with van der Waals surface area (Å²) in [6.45, 7) is 2.33. The summed E-state index contributed by atoms with van der Waals surface area (Å²) < 4.78 is 27.4. The third-order valence-corrected chi connectivity index (χ3v) is 6.52. The van der Waals surface area contributed by atoms with Crippen LogP contribution < -0.4 is 5.32 Å². The zero-order valence-electron chi connectivity index (χ0n) is 15.1. The third-order valence-electron chi connectivity index (χ3n) is 4.46. The van der Waals surface area contributed by atoms with Gasteiger partial charge in [0.1, 0.15) is 5.82 Å². The van der Waals surface area contributed by atoms with Gasteiger partial charge in [0.15, 0.2) is 0 Å². The summed E-state index contributed by atoms with van der Waals surface area (Å²) in [5.74, 6) is 0.425. The predicted molar refractivity (Wildman–Crippen MR) is 112 cm³/mol. The number of hydrogen-bond acceptors (Lipinski definition) is 4. The molecule has 0 spiro atoms. The summed E-state index contributed by atoms with van der Waals surface area (Å²) in [6, 6.07) is 21.5. The molecule has 7 heteroatoms. The molecule has 0 amide bonds. The maximum Gasteiger partial charge on any atom is 0.269 e. The van der Waals surface area contributed by atoms with E-state index in [-0.39, 0.29) is 4.90 Å². The molecule has 4 aromatic rings. The number of imidazole rings is 1. The number of rotatable bonds is 5. The average molecular weight is 412 g/mol. The minimum atomic E-state index is -3.70. The second-order valence-electron chi connectivity index (χ2n) is 6.43.